The zero-order valence-electron chi connectivity index (χ0n) is 19.3. The summed E-state index contributed by atoms with van der Waals surface area (Å²) in [5.74, 6) is 1.73. The van der Waals surface area contributed by atoms with E-state index >= 15 is 0 Å². The molecule has 2 heteroatoms. The van der Waals surface area contributed by atoms with Gasteiger partial charge in [0.2, 0.25) is 0 Å². The smallest absolute Gasteiger partial charge is 0.00911 e. The maximum atomic E-state index is 2.41. The lowest BCUT2D eigenvalue weighted by atomic mass is 9.91. The topological polar surface area (TPSA) is 0 Å². The molecule has 2 unspecified atom stereocenters. The first kappa shape index (κ1) is 24.1. The van der Waals surface area contributed by atoms with Crippen LogP contribution in [0.2, 0.25) is 0 Å². The molecule has 0 bridgehead atoms. The van der Waals surface area contributed by atoms with Gasteiger partial charge in [-0.3, -0.25) is 0 Å². The van der Waals surface area contributed by atoms with Gasteiger partial charge in [0.1, 0.15) is 0 Å². The normalized spacial score (nSPS) is 26.7. The molecule has 2 fully saturated rings. The molecule has 2 aliphatic heterocycles. The van der Waals surface area contributed by atoms with Crippen LogP contribution in [0, 0.1) is 0 Å². The molecule has 2 rings (SSSR count). The summed E-state index contributed by atoms with van der Waals surface area (Å²) in [6.07, 6.45) is 27.5. The Hall–Kier alpha value is 0.860. The fraction of sp³-hybridized carbons (Fsp3) is 1.00. The SMILES string of the molecule is CCCCC1(CCCC)CCCP1CP1CCCC1(CCCC)CCCC. The highest BCUT2D eigenvalue weighted by molar-refractivity contribution is 7.76. The molecule has 2 atom stereocenters. The molecular weight excluding hydrogens is 362 g/mol. The summed E-state index contributed by atoms with van der Waals surface area (Å²) in [5.41, 5.74) is 0. The Kier molecular flexibility index (Phi) is 11.2. The Balaban J connectivity index is 2.11. The van der Waals surface area contributed by atoms with Gasteiger partial charge in [-0.25, -0.2) is 0 Å². The highest BCUT2D eigenvalue weighted by atomic mass is 31.2. The number of hydrogen-bond acceptors (Lipinski definition) is 0. The van der Waals surface area contributed by atoms with Gasteiger partial charge in [-0.05, 0) is 79.9 Å². The van der Waals surface area contributed by atoms with Crippen LogP contribution in [0.3, 0.4) is 0 Å². The molecule has 0 aromatic heterocycles. The van der Waals surface area contributed by atoms with Crippen LogP contribution in [-0.2, 0) is 0 Å². The van der Waals surface area contributed by atoms with Crippen molar-refractivity contribution in [1.82, 2.24) is 0 Å². The molecule has 0 amide bonds. The minimum absolute atomic E-state index is 0.313. The Morgan fingerprint density at radius 3 is 1.19 bits per heavy atom. The van der Waals surface area contributed by atoms with Crippen LogP contribution in [0.15, 0.2) is 0 Å². The molecule has 2 heterocycles. The lowest BCUT2D eigenvalue weighted by Crippen LogP contribution is -2.27. The summed E-state index contributed by atoms with van der Waals surface area (Å²) in [6.45, 7) is 9.64. The second-order valence-electron chi connectivity index (χ2n) is 9.74. The quantitative estimate of drug-likeness (QED) is 0.249. The van der Waals surface area contributed by atoms with E-state index in [1.807, 2.05) is 0 Å². The van der Waals surface area contributed by atoms with Crippen LogP contribution < -0.4 is 0 Å². The largest absolute Gasteiger partial charge is 0.0959 e. The van der Waals surface area contributed by atoms with Crippen molar-refractivity contribution >= 4 is 15.8 Å². The Bertz CT molecular complexity index is 340. The minimum atomic E-state index is 0.313. The molecule has 27 heavy (non-hydrogen) atoms. The molecule has 2 saturated heterocycles. The zero-order chi connectivity index (χ0) is 19.6. The van der Waals surface area contributed by atoms with Crippen molar-refractivity contribution in [2.45, 2.75) is 141 Å². The average Bonchev–Trinajstić information content (AvgIpc) is 3.27. The summed E-state index contributed by atoms with van der Waals surface area (Å²) in [6, 6.07) is 0. The molecule has 0 spiro atoms. The molecule has 0 N–H and O–H groups in total. The van der Waals surface area contributed by atoms with Crippen molar-refractivity contribution in [1.29, 1.82) is 0 Å². The van der Waals surface area contributed by atoms with Gasteiger partial charge in [-0.15, -0.1) is 0 Å². The van der Waals surface area contributed by atoms with Crippen molar-refractivity contribution in [3.8, 4) is 0 Å². The predicted octanol–water partition coefficient (Wildman–Crippen LogP) is 9.73. The van der Waals surface area contributed by atoms with Gasteiger partial charge in [0.25, 0.3) is 0 Å². The summed E-state index contributed by atoms with van der Waals surface area (Å²) >= 11 is 0. The third-order valence-electron chi connectivity index (χ3n) is 7.81. The summed E-state index contributed by atoms with van der Waals surface area (Å²) in [7, 11) is 0.627. The summed E-state index contributed by atoms with van der Waals surface area (Å²) in [4.78, 5) is 0. The third-order valence-corrected chi connectivity index (χ3v) is 16.3. The van der Waals surface area contributed by atoms with Crippen molar-refractivity contribution < 1.29 is 0 Å². The number of rotatable bonds is 14. The third kappa shape index (κ3) is 6.42. The maximum Gasteiger partial charge on any atom is -0.00911 e. The van der Waals surface area contributed by atoms with Crippen molar-refractivity contribution in [3.63, 3.8) is 0 Å². The lowest BCUT2D eigenvalue weighted by molar-refractivity contribution is 0.442. The van der Waals surface area contributed by atoms with Crippen molar-refractivity contribution in [3.05, 3.63) is 0 Å². The monoisotopic (exact) mass is 412 g/mol. The maximum absolute atomic E-state index is 2.41. The van der Waals surface area contributed by atoms with E-state index in [1.54, 1.807) is 69.6 Å². The first-order valence-electron chi connectivity index (χ1n) is 12.7. The Morgan fingerprint density at radius 2 is 0.889 bits per heavy atom. The van der Waals surface area contributed by atoms with Crippen LogP contribution in [0.5, 0.6) is 0 Å². The van der Waals surface area contributed by atoms with E-state index in [1.165, 1.54) is 51.4 Å². The van der Waals surface area contributed by atoms with Crippen LogP contribution in [0.25, 0.3) is 0 Å². The lowest BCUT2D eigenvalue weighted by Gasteiger charge is -2.43. The fourth-order valence-electron chi connectivity index (χ4n) is 6.04. The van der Waals surface area contributed by atoms with E-state index in [-0.39, 0.29) is 0 Å². The molecule has 0 nitrogen and oxygen atoms in total. The molecule has 0 aromatic rings. The first-order chi connectivity index (χ1) is 13.2. The molecular formula is C25H50P2. The summed E-state index contributed by atoms with van der Waals surface area (Å²) in [5, 5.41) is 1.63. The van der Waals surface area contributed by atoms with Crippen LogP contribution in [0.4, 0.5) is 0 Å². The molecule has 2 aliphatic rings. The van der Waals surface area contributed by atoms with Crippen LogP contribution in [-0.4, -0.2) is 28.5 Å². The van der Waals surface area contributed by atoms with E-state index in [4.69, 9.17) is 0 Å². The molecule has 0 aromatic carbocycles. The number of unbranched alkanes of at least 4 members (excludes halogenated alkanes) is 4. The first-order valence-corrected chi connectivity index (χ1v) is 16.1. The fourth-order valence-corrected chi connectivity index (χ4v) is 16.1. The minimum Gasteiger partial charge on any atom is -0.0959 e. The van der Waals surface area contributed by atoms with Gasteiger partial charge < -0.3 is 0 Å². The van der Waals surface area contributed by atoms with Gasteiger partial charge in [-0.1, -0.05) is 94.9 Å². The molecule has 160 valence electrons. The predicted molar refractivity (Wildman–Crippen MR) is 130 cm³/mol. The second-order valence-corrected chi connectivity index (χ2v) is 15.8. The highest BCUT2D eigenvalue weighted by Crippen LogP contribution is 2.73. The van der Waals surface area contributed by atoms with E-state index in [0.29, 0.717) is 15.8 Å². The van der Waals surface area contributed by atoms with Gasteiger partial charge >= 0.3 is 0 Å². The molecule has 0 saturated carbocycles. The highest BCUT2D eigenvalue weighted by Gasteiger charge is 2.47. The average molecular weight is 413 g/mol. The molecule has 0 aliphatic carbocycles. The van der Waals surface area contributed by atoms with Crippen molar-refractivity contribution in [2.24, 2.45) is 0 Å². The van der Waals surface area contributed by atoms with E-state index in [9.17, 15) is 0 Å². The van der Waals surface area contributed by atoms with E-state index in [0.717, 1.165) is 10.3 Å². The Labute approximate surface area is 174 Å². The second kappa shape index (κ2) is 12.5. The van der Waals surface area contributed by atoms with Gasteiger partial charge in [-0.2, -0.15) is 0 Å². The standard InChI is InChI=1S/C25H50P2/c1-5-9-15-24(16-10-6-2)19-13-21-26(24)23-27-22-14-20-25(27,17-11-7-3)18-12-8-4/h5-23H2,1-4H3. The van der Waals surface area contributed by atoms with Gasteiger partial charge in [0.05, 0.1) is 0 Å². The van der Waals surface area contributed by atoms with Gasteiger partial charge in [0.15, 0.2) is 0 Å². The zero-order valence-corrected chi connectivity index (χ0v) is 21.1. The van der Waals surface area contributed by atoms with Gasteiger partial charge in [0, 0.05) is 0 Å². The van der Waals surface area contributed by atoms with Crippen molar-refractivity contribution in [2.75, 3.05) is 18.2 Å². The van der Waals surface area contributed by atoms with Crippen LogP contribution >= 0.6 is 15.8 Å². The van der Waals surface area contributed by atoms with E-state index < -0.39 is 0 Å². The summed E-state index contributed by atoms with van der Waals surface area (Å²) < 4.78 is 0. The van der Waals surface area contributed by atoms with Crippen LogP contribution in [0.1, 0.15) is 130 Å². The number of hydrogen-bond donors (Lipinski definition) is 0. The van der Waals surface area contributed by atoms with E-state index in [2.05, 4.69) is 27.7 Å². The Morgan fingerprint density at radius 1 is 0.556 bits per heavy atom. The molecule has 0 radical (unpaired) electrons.